The van der Waals surface area contributed by atoms with Gasteiger partial charge in [0.2, 0.25) is 0 Å². The van der Waals surface area contributed by atoms with Crippen molar-refractivity contribution >= 4 is 5.97 Å². The molecule has 0 aromatic heterocycles. The Labute approximate surface area is 341 Å². The molecule has 3 aliphatic rings. The van der Waals surface area contributed by atoms with E-state index < -0.39 is 95.5 Å². The molecule has 0 spiro atoms. The van der Waals surface area contributed by atoms with Crippen molar-refractivity contribution in [3.63, 3.8) is 0 Å². The number of methoxy groups -OCH3 is 2. The third kappa shape index (κ3) is 11.6. The highest BCUT2D eigenvalue weighted by Gasteiger charge is 2.58. The first kappa shape index (κ1) is 50.3. The van der Waals surface area contributed by atoms with Crippen LogP contribution in [0.2, 0.25) is 0 Å². The minimum Gasteiger partial charge on any atom is -0.459 e. The van der Waals surface area contributed by atoms with Crippen LogP contribution in [0, 0.1) is 17.8 Å². The van der Waals surface area contributed by atoms with Crippen molar-refractivity contribution in [1.29, 1.82) is 0 Å². The van der Waals surface area contributed by atoms with Gasteiger partial charge in [0.15, 0.2) is 12.6 Å². The summed E-state index contributed by atoms with van der Waals surface area (Å²) < 4.78 is 43.4. The first-order valence-corrected chi connectivity index (χ1v) is 20.9. The van der Waals surface area contributed by atoms with E-state index >= 15 is 0 Å². The van der Waals surface area contributed by atoms with Crippen LogP contribution in [0.15, 0.2) is 0 Å². The molecule has 0 bridgehead atoms. The lowest BCUT2D eigenvalue weighted by molar-refractivity contribution is -0.336. The minimum atomic E-state index is -1.82. The van der Waals surface area contributed by atoms with Gasteiger partial charge in [-0.25, -0.2) is 0 Å². The summed E-state index contributed by atoms with van der Waals surface area (Å²) in [5.41, 5.74) is -6.07. The van der Waals surface area contributed by atoms with Crippen LogP contribution < -0.4 is 10.6 Å². The number of cyclic esters (lactones) is 1. The van der Waals surface area contributed by atoms with Crippen LogP contribution in [-0.2, 0) is 38.0 Å². The zero-order chi connectivity index (χ0) is 43.3. The number of nitrogens with one attached hydrogen (secondary N) is 2. The first-order chi connectivity index (χ1) is 26.4. The maximum absolute atomic E-state index is 14.3. The number of aliphatic hydroxyl groups is 5. The van der Waals surface area contributed by atoms with Gasteiger partial charge in [-0.1, -0.05) is 20.8 Å². The van der Waals surface area contributed by atoms with Crippen LogP contribution in [0.4, 0.5) is 0 Å². The Kier molecular flexibility index (Phi) is 18.2. The number of carbonyl (C=O) groups excluding carboxylic acids is 1. The van der Waals surface area contributed by atoms with Crippen molar-refractivity contribution in [2.45, 2.75) is 185 Å². The van der Waals surface area contributed by atoms with Gasteiger partial charge in [-0.2, -0.15) is 0 Å². The molecule has 0 amide bonds. The number of esters is 1. The minimum absolute atomic E-state index is 0.0642. The number of hydrogen-bond acceptors (Lipinski definition) is 16. The highest BCUT2D eigenvalue weighted by atomic mass is 16.7. The third-order valence-electron chi connectivity index (χ3n) is 13.1. The first-order valence-electron chi connectivity index (χ1n) is 20.9. The van der Waals surface area contributed by atoms with Crippen LogP contribution in [0.3, 0.4) is 0 Å². The lowest BCUT2D eigenvalue weighted by Crippen LogP contribution is -2.70. The van der Waals surface area contributed by atoms with Crippen LogP contribution in [0.1, 0.15) is 94.9 Å². The molecule has 0 aromatic rings. The van der Waals surface area contributed by atoms with Crippen molar-refractivity contribution in [1.82, 2.24) is 15.5 Å². The second-order valence-electron chi connectivity index (χ2n) is 18.2. The molecule has 336 valence electrons. The van der Waals surface area contributed by atoms with Crippen LogP contribution in [0.25, 0.3) is 0 Å². The second-order valence-corrected chi connectivity index (χ2v) is 18.2. The summed E-state index contributed by atoms with van der Waals surface area (Å²) in [6, 6.07) is -0.891. The molecule has 3 heterocycles. The summed E-state index contributed by atoms with van der Waals surface area (Å²) in [5.74, 6) is -2.71. The average Bonchev–Trinajstić information content (AvgIpc) is 3.14. The molecule has 0 aliphatic carbocycles. The van der Waals surface area contributed by atoms with Crippen molar-refractivity contribution in [2.75, 3.05) is 54.6 Å². The Morgan fingerprint density at radius 2 is 1.61 bits per heavy atom. The Morgan fingerprint density at radius 1 is 0.965 bits per heavy atom. The predicted octanol–water partition coefficient (Wildman–Crippen LogP) is 1.16. The van der Waals surface area contributed by atoms with E-state index in [9.17, 15) is 30.3 Å². The quantitative estimate of drug-likeness (QED) is 0.109. The van der Waals surface area contributed by atoms with E-state index in [4.69, 9.17) is 33.2 Å². The lowest BCUT2D eigenvalue weighted by atomic mass is 9.75. The topological polar surface area (TPSA) is 210 Å². The monoisotopic (exact) mass is 822 g/mol. The number of aliphatic hydroxyl groups excluding tert-OH is 2. The highest BCUT2D eigenvalue weighted by molar-refractivity contribution is 5.73. The summed E-state index contributed by atoms with van der Waals surface area (Å²) in [5, 5.41) is 65.8. The largest absolute Gasteiger partial charge is 0.459 e. The number of nitrogens with zero attached hydrogens (tertiary/aromatic N) is 1. The Morgan fingerprint density at radius 3 is 2.19 bits per heavy atom. The number of ether oxygens (including phenoxy) is 7. The van der Waals surface area contributed by atoms with Crippen LogP contribution >= 0.6 is 0 Å². The van der Waals surface area contributed by atoms with Gasteiger partial charge in [0.05, 0.1) is 42.5 Å². The Bertz CT molecular complexity index is 1250. The summed E-state index contributed by atoms with van der Waals surface area (Å²) in [6.07, 6.45) is -7.77. The highest BCUT2D eigenvalue weighted by Crippen LogP contribution is 2.43. The van der Waals surface area contributed by atoms with E-state index in [-0.39, 0.29) is 43.9 Å². The molecule has 16 heteroatoms. The zero-order valence-corrected chi connectivity index (χ0v) is 37.2. The molecule has 57 heavy (non-hydrogen) atoms. The van der Waals surface area contributed by atoms with E-state index in [0.29, 0.717) is 26.1 Å². The van der Waals surface area contributed by atoms with E-state index in [0.717, 1.165) is 0 Å². The molecule has 1 unspecified atom stereocenters. The Balaban J connectivity index is 2.15. The van der Waals surface area contributed by atoms with Crippen molar-refractivity contribution < 1.29 is 63.5 Å². The summed E-state index contributed by atoms with van der Waals surface area (Å²) >= 11 is 0. The molecule has 7 N–H and O–H groups in total. The molecule has 3 rings (SSSR count). The summed E-state index contributed by atoms with van der Waals surface area (Å²) in [6.45, 7) is 18.9. The van der Waals surface area contributed by atoms with Gasteiger partial charge >= 0.3 is 5.97 Å². The number of rotatable bonds is 12. The third-order valence-corrected chi connectivity index (χ3v) is 13.1. The van der Waals surface area contributed by atoms with Gasteiger partial charge in [-0.05, 0) is 94.3 Å². The Hall–Kier alpha value is -1.09. The fraction of sp³-hybridized carbons (Fsp3) is 0.976. The molecular formula is C41H79N3O13. The van der Waals surface area contributed by atoms with Gasteiger partial charge in [0, 0.05) is 51.7 Å². The standard InChI is InChI=1S/C41H79N3O13/c1-15-30-40(10,49)34(46)27(6)43-21-23(2)19-38(8,48)35(57-37-32(45)29(44(11)12)18-24(3)53-37)25(4)33(26(5)36(47)55-30)56-31-20-39(9,52-14)41(50,28(7)54-31)22-42-16-17-51-13/h23-35,37,42-43,45-46,48-50H,15-22H2,1-14H3/t23-,24-,25+,26-,27-,28+,29+,30?,31+,32-,33+,34-,35-,37+,38-,39-,40-,41-/m1/s1. The van der Waals surface area contributed by atoms with Gasteiger partial charge < -0.3 is 74.2 Å². The number of hydrogen-bond donors (Lipinski definition) is 7. The van der Waals surface area contributed by atoms with Gasteiger partial charge in [-0.3, -0.25) is 4.79 Å². The smallest absolute Gasteiger partial charge is 0.311 e. The zero-order valence-electron chi connectivity index (χ0n) is 37.2. The van der Waals surface area contributed by atoms with Gasteiger partial charge in [-0.15, -0.1) is 0 Å². The van der Waals surface area contributed by atoms with E-state index in [2.05, 4.69) is 10.6 Å². The molecule has 0 aromatic carbocycles. The summed E-state index contributed by atoms with van der Waals surface area (Å²) in [7, 11) is 6.88. The average molecular weight is 822 g/mol. The molecule has 0 radical (unpaired) electrons. The molecule has 0 saturated carbocycles. The molecular weight excluding hydrogens is 742 g/mol. The molecule has 18 atom stereocenters. The van der Waals surface area contributed by atoms with E-state index in [1.807, 2.05) is 39.8 Å². The van der Waals surface area contributed by atoms with Crippen molar-refractivity contribution in [3.05, 3.63) is 0 Å². The normalized spacial score (nSPS) is 47.3. The van der Waals surface area contributed by atoms with E-state index in [1.54, 1.807) is 48.7 Å². The lowest BCUT2D eigenvalue weighted by Gasteiger charge is -2.53. The van der Waals surface area contributed by atoms with Crippen molar-refractivity contribution in [3.8, 4) is 0 Å². The van der Waals surface area contributed by atoms with Crippen molar-refractivity contribution in [2.24, 2.45) is 17.8 Å². The van der Waals surface area contributed by atoms with Gasteiger partial charge in [0.25, 0.3) is 0 Å². The fourth-order valence-electron chi connectivity index (χ4n) is 9.20. The summed E-state index contributed by atoms with van der Waals surface area (Å²) in [4.78, 5) is 16.3. The maximum atomic E-state index is 14.3. The predicted molar refractivity (Wildman–Crippen MR) is 213 cm³/mol. The van der Waals surface area contributed by atoms with Gasteiger partial charge in [0.1, 0.15) is 35.1 Å². The van der Waals surface area contributed by atoms with E-state index in [1.165, 1.54) is 14.0 Å². The fourth-order valence-corrected chi connectivity index (χ4v) is 9.20. The molecule has 3 saturated heterocycles. The number of carbonyl (C=O) groups is 1. The van der Waals surface area contributed by atoms with Crippen LogP contribution in [0.5, 0.6) is 0 Å². The van der Waals surface area contributed by atoms with Crippen LogP contribution in [-0.4, -0.2) is 181 Å². The molecule has 3 aliphatic heterocycles. The number of likely N-dealkylation sites (N-methyl/N-ethyl adjacent to an activating group) is 1. The SMILES string of the molecule is CCC1OC(=O)[C@H](C)[C@@H](O[C@H]2C[C@@](C)(OC)[C@@](O)(CNCCOC)[C@H](C)O2)[C@H](C)[C@@H](O[C@@H]2O[C@H](C)C[C@H](N(C)C)[C@H]2O)[C@](C)(O)C[C@@H](C)CN[C@H](C)[C@@H](O)[C@]1(C)O. The molecule has 3 fully saturated rings. The second kappa shape index (κ2) is 20.6. The maximum Gasteiger partial charge on any atom is 0.311 e. The molecule has 16 nitrogen and oxygen atoms in total.